The van der Waals surface area contributed by atoms with Gasteiger partial charge in [-0.05, 0) is 45.1 Å². The Hall–Kier alpha value is -2.36. The molecular formula is C21H27NO3. The number of imide groups is 1. The van der Waals surface area contributed by atoms with E-state index >= 15 is 0 Å². The van der Waals surface area contributed by atoms with Crippen LogP contribution in [0.3, 0.4) is 0 Å². The molecule has 2 atom stereocenters. The Morgan fingerprint density at radius 2 is 2.00 bits per heavy atom. The lowest BCUT2D eigenvalue weighted by molar-refractivity contribution is -0.130. The van der Waals surface area contributed by atoms with Crippen molar-refractivity contribution in [1.29, 1.82) is 0 Å². The normalized spacial score (nSPS) is 20.0. The Morgan fingerprint density at radius 3 is 2.56 bits per heavy atom. The highest BCUT2D eigenvalue weighted by Crippen LogP contribution is 2.41. The predicted octanol–water partition coefficient (Wildman–Crippen LogP) is 5.03. The molecule has 0 bridgehead atoms. The third-order valence-electron chi connectivity index (χ3n) is 4.68. The van der Waals surface area contributed by atoms with Crippen molar-refractivity contribution in [3.05, 3.63) is 60.7 Å². The highest BCUT2D eigenvalue weighted by atomic mass is 16.6. The lowest BCUT2D eigenvalue weighted by atomic mass is 9.89. The molecule has 1 aliphatic rings. The van der Waals surface area contributed by atoms with E-state index in [-0.39, 0.29) is 18.2 Å². The number of hydrogen-bond donors (Lipinski definition) is 0. The second-order valence-corrected chi connectivity index (χ2v) is 7.16. The molecule has 4 heteroatoms. The van der Waals surface area contributed by atoms with Crippen molar-refractivity contribution < 1.29 is 14.3 Å². The molecule has 4 nitrogen and oxygen atoms in total. The quantitative estimate of drug-likeness (QED) is 0.653. The molecule has 0 saturated carbocycles. The number of carbonyl (C=O) groups is 2. The van der Waals surface area contributed by atoms with Gasteiger partial charge >= 0.3 is 6.09 Å². The van der Waals surface area contributed by atoms with E-state index in [2.05, 4.69) is 13.2 Å². The minimum atomic E-state index is -0.770. The summed E-state index contributed by atoms with van der Waals surface area (Å²) in [7, 11) is 0. The van der Waals surface area contributed by atoms with Crippen molar-refractivity contribution in [3.8, 4) is 0 Å². The van der Waals surface area contributed by atoms with Crippen LogP contribution < -0.4 is 0 Å². The second kappa shape index (κ2) is 7.68. The molecule has 1 aromatic carbocycles. The van der Waals surface area contributed by atoms with E-state index in [0.29, 0.717) is 0 Å². The fourth-order valence-electron chi connectivity index (χ4n) is 3.33. The summed E-state index contributed by atoms with van der Waals surface area (Å²) in [5.74, 6) is -0.195. The van der Waals surface area contributed by atoms with Crippen molar-refractivity contribution in [3.63, 3.8) is 0 Å². The van der Waals surface area contributed by atoms with Gasteiger partial charge in [-0.3, -0.25) is 4.79 Å². The Morgan fingerprint density at radius 1 is 1.36 bits per heavy atom. The third-order valence-corrected chi connectivity index (χ3v) is 4.68. The fraction of sp³-hybridized carbons (Fsp3) is 0.429. The molecule has 2 rings (SSSR count). The lowest BCUT2D eigenvalue weighted by Crippen LogP contribution is -2.38. The molecule has 134 valence electrons. The van der Waals surface area contributed by atoms with Crippen LogP contribution >= 0.6 is 0 Å². The number of nitrogens with zero attached hydrogens (tertiary/aromatic N) is 1. The zero-order valence-electron chi connectivity index (χ0n) is 15.3. The molecule has 1 aliphatic heterocycles. The molecule has 1 fully saturated rings. The number of allylic oxidation sites excluding steroid dienone is 2. The number of rotatable bonds is 7. The van der Waals surface area contributed by atoms with E-state index in [1.165, 1.54) is 4.90 Å². The van der Waals surface area contributed by atoms with E-state index in [0.717, 1.165) is 24.0 Å². The minimum Gasteiger partial charge on any atom is -0.440 e. The average molecular weight is 341 g/mol. The van der Waals surface area contributed by atoms with Gasteiger partial charge in [0.2, 0.25) is 5.91 Å². The van der Waals surface area contributed by atoms with Crippen molar-refractivity contribution in [2.24, 2.45) is 5.92 Å². The van der Waals surface area contributed by atoms with E-state index in [9.17, 15) is 9.59 Å². The molecule has 0 aliphatic carbocycles. The summed E-state index contributed by atoms with van der Waals surface area (Å²) in [6.07, 6.45) is 3.11. The molecule has 2 amide bonds. The maximum absolute atomic E-state index is 13.0. The van der Waals surface area contributed by atoms with Gasteiger partial charge in [0.1, 0.15) is 11.6 Å². The fourth-order valence-corrected chi connectivity index (χ4v) is 3.33. The largest absolute Gasteiger partial charge is 0.440 e. The van der Waals surface area contributed by atoms with E-state index < -0.39 is 17.7 Å². The summed E-state index contributed by atoms with van der Waals surface area (Å²) in [5, 5.41) is 0. The van der Waals surface area contributed by atoms with Crippen LogP contribution in [-0.4, -0.2) is 22.5 Å². The summed E-state index contributed by atoms with van der Waals surface area (Å²) in [5.41, 5.74) is 1.07. The Bertz CT molecular complexity index is 663. The van der Waals surface area contributed by atoms with Crippen molar-refractivity contribution >= 4 is 12.0 Å². The van der Waals surface area contributed by atoms with Gasteiger partial charge in [-0.25, -0.2) is 9.69 Å². The van der Waals surface area contributed by atoms with Crippen molar-refractivity contribution in [1.82, 2.24) is 4.90 Å². The third kappa shape index (κ3) is 4.19. The second-order valence-electron chi connectivity index (χ2n) is 7.16. The number of amides is 2. The first-order chi connectivity index (χ1) is 11.8. The molecule has 1 aromatic rings. The van der Waals surface area contributed by atoms with Crippen molar-refractivity contribution in [2.75, 3.05) is 0 Å². The molecule has 0 unspecified atom stereocenters. The monoisotopic (exact) mass is 341 g/mol. The molecule has 0 aromatic heterocycles. The van der Waals surface area contributed by atoms with E-state index in [1.807, 2.05) is 57.2 Å². The minimum absolute atomic E-state index is 0.0263. The van der Waals surface area contributed by atoms with Gasteiger partial charge in [-0.15, -0.1) is 6.58 Å². The first-order valence-electron chi connectivity index (χ1n) is 8.64. The molecule has 1 saturated heterocycles. The Labute approximate surface area is 150 Å². The van der Waals surface area contributed by atoms with Crippen LogP contribution in [0.4, 0.5) is 4.79 Å². The van der Waals surface area contributed by atoms with Crippen LogP contribution in [0.5, 0.6) is 0 Å². The number of cyclic esters (lactones) is 1. The van der Waals surface area contributed by atoms with Crippen LogP contribution in [0.1, 0.15) is 51.6 Å². The van der Waals surface area contributed by atoms with Gasteiger partial charge in [0, 0.05) is 6.42 Å². The average Bonchev–Trinajstić information content (AvgIpc) is 2.80. The Balaban J connectivity index is 2.27. The summed E-state index contributed by atoms with van der Waals surface area (Å²) < 4.78 is 5.50. The molecular weight excluding hydrogens is 314 g/mol. The highest BCUT2D eigenvalue weighted by Gasteiger charge is 2.51. The summed E-state index contributed by atoms with van der Waals surface area (Å²) >= 11 is 0. The SMILES string of the molecule is C=CCC[C@H](CC(=O)N1C(=O)OC(C)(C)[C@@H]1c1ccccc1)C(=C)C. The van der Waals surface area contributed by atoms with Gasteiger partial charge in [0.15, 0.2) is 0 Å². The molecule has 0 N–H and O–H groups in total. The smallest absolute Gasteiger partial charge is 0.417 e. The van der Waals surface area contributed by atoms with Crippen LogP contribution in [0.25, 0.3) is 0 Å². The van der Waals surface area contributed by atoms with Gasteiger partial charge < -0.3 is 4.74 Å². The number of carbonyl (C=O) groups excluding carboxylic acids is 2. The maximum atomic E-state index is 13.0. The standard InChI is InChI=1S/C21H27NO3/c1-6-7-11-17(15(2)3)14-18(23)22-19(16-12-9-8-10-13-16)21(4,5)25-20(22)24/h6,8-10,12-13,17,19H,1-2,7,11,14H2,3-5H3/t17-,19+/m1/s1. The molecule has 0 spiro atoms. The van der Waals surface area contributed by atoms with Gasteiger partial charge in [0.05, 0.1) is 0 Å². The van der Waals surface area contributed by atoms with Crippen LogP contribution in [0, 0.1) is 5.92 Å². The summed E-state index contributed by atoms with van der Waals surface area (Å²) in [6, 6.07) is 9.12. The predicted molar refractivity (Wildman–Crippen MR) is 98.9 cm³/mol. The number of ether oxygens (including phenoxy) is 1. The first-order valence-corrected chi connectivity index (χ1v) is 8.64. The number of benzene rings is 1. The summed E-state index contributed by atoms with van der Waals surface area (Å²) in [4.78, 5) is 26.7. The summed E-state index contributed by atoms with van der Waals surface area (Å²) in [6.45, 7) is 13.3. The van der Waals surface area contributed by atoms with Crippen molar-refractivity contribution in [2.45, 2.75) is 51.7 Å². The maximum Gasteiger partial charge on any atom is 0.417 e. The zero-order valence-corrected chi connectivity index (χ0v) is 15.3. The van der Waals surface area contributed by atoms with Gasteiger partial charge in [-0.2, -0.15) is 0 Å². The van der Waals surface area contributed by atoms with Crippen LogP contribution in [0.15, 0.2) is 55.1 Å². The van der Waals surface area contributed by atoms with Gasteiger partial charge in [0.25, 0.3) is 0 Å². The molecule has 25 heavy (non-hydrogen) atoms. The topological polar surface area (TPSA) is 46.6 Å². The van der Waals surface area contributed by atoms with Crippen LogP contribution in [0.2, 0.25) is 0 Å². The number of hydrogen-bond acceptors (Lipinski definition) is 3. The lowest BCUT2D eigenvalue weighted by Gasteiger charge is -2.29. The van der Waals surface area contributed by atoms with Gasteiger partial charge in [-0.1, -0.05) is 48.6 Å². The van der Waals surface area contributed by atoms with E-state index in [1.54, 1.807) is 0 Å². The molecule has 1 heterocycles. The first kappa shape index (κ1) is 19.0. The van der Waals surface area contributed by atoms with Crippen LogP contribution in [-0.2, 0) is 9.53 Å². The Kier molecular flexibility index (Phi) is 5.83. The zero-order chi connectivity index (χ0) is 18.6. The highest BCUT2D eigenvalue weighted by molar-refractivity contribution is 5.94. The van der Waals surface area contributed by atoms with E-state index in [4.69, 9.17) is 4.74 Å². The molecule has 0 radical (unpaired) electrons.